The average Bonchev–Trinajstić information content (AvgIpc) is 2.85. The molecule has 1 amide bonds. The van der Waals surface area contributed by atoms with E-state index in [1.807, 2.05) is 37.3 Å². The first kappa shape index (κ1) is 22.9. The molecule has 1 aliphatic heterocycles. The third-order valence-corrected chi connectivity index (χ3v) is 7.60. The van der Waals surface area contributed by atoms with Gasteiger partial charge in [0.15, 0.2) is 0 Å². The monoisotopic (exact) mass is 473 g/mol. The number of hydrogen-bond acceptors (Lipinski definition) is 3. The van der Waals surface area contributed by atoms with E-state index < -0.39 is 0 Å². The van der Waals surface area contributed by atoms with Gasteiger partial charge in [-0.25, -0.2) is 0 Å². The van der Waals surface area contributed by atoms with Gasteiger partial charge < -0.3 is 10.2 Å². The predicted octanol–water partition coefficient (Wildman–Crippen LogP) is 6.30. The summed E-state index contributed by atoms with van der Waals surface area (Å²) in [7, 11) is 0. The van der Waals surface area contributed by atoms with Gasteiger partial charge in [0.1, 0.15) is 5.69 Å². The molecule has 1 fully saturated rings. The van der Waals surface area contributed by atoms with Gasteiger partial charge in [0.05, 0.1) is 0 Å². The third-order valence-electron chi connectivity index (χ3n) is 7.36. The number of amides is 1. The molecule has 0 spiro atoms. The Labute approximate surface area is 207 Å². The Balaban J connectivity index is 1.30. The van der Waals surface area contributed by atoms with Crippen LogP contribution in [-0.2, 0) is 12.8 Å². The molecule has 0 bridgehead atoms. The molecular formula is C29H32ClN3O. The second kappa shape index (κ2) is 9.79. The highest BCUT2D eigenvalue weighted by molar-refractivity contribution is 6.30. The smallest absolute Gasteiger partial charge is 0.270 e. The van der Waals surface area contributed by atoms with Gasteiger partial charge in [0.2, 0.25) is 0 Å². The van der Waals surface area contributed by atoms with Gasteiger partial charge in [-0.2, -0.15) is 0 Å². The Kier molecular flexibility index (Phi) is 6.60. The van der Waals surface area contributed by atoms with Crippen LogP contribution in [0.15, 0.2) is 48.7 Å². The van der Waals surface area contributed by atoms with E-state index in [1.165, 1.54) is 41.6 Å². The lowest BCUT2D eigenvalue weighted by Gasteiger charge is -2.35. The molecule has 0 radical (unpaired) electrons. The van der Waals surface area contributed by atoms with Gasteiger partial charge in [-0.05, 0) is 104 Å². The number of benzene rings is 2. The lowest BCUT2D eigenvalue weighted by atomic mass is 9.84. The highest BCUT2D eigenvalue weighted by Crippen LogP contribution is 2.34. The fourth-order valence-corrected chi connectivity index (χ4v) is 5.72. The maximum absolute atomic E-state index is 13.0. The number of rotatable bonds is 4. The summed E-state index contributed by atoms with van der Waals surface area (Å²) in [6.45, 7) is 6.51. The zero-order chi connectivity index (χ0) is 23.7. The number of fused-ring (bicyclic) bond motifs is 1. The Morgan fingerprint density at radius 2 is 1.82 bits per heavy atom. The van der Waals surface area contributed by atoms with Crippen molar-refractivity contribution in [1.29, 1.82) is 0 Å². The molecule has 176 valence electrons. The minimum Gasteiger partial charge on any atom is -0.371 e. The van der Waals surface area contributed by atoms with E-state index in [2.05, 4.69) is 34.3 Å². The largest absolute Gasteiger partial charge is 0.371 e. The minimum atomic E-state index is -0.0972. The van der Waals surface area contributed by atoms with Crippen LogP contribution in [0.25, 0.3) is 11.1 Å². The standard InChI is InChI=1S/C29H32ClN3O/c1-19-6-13-28(33-14-4-3-5-15-33)26-17-23(9-11-25(19)26)32-29(34)27-12-7-21(18-31-27)24-10-8-22(30)16-20(24)2/h6-8,10,12-13,16,18,23H,3-5,9,11,14-15,17H2,1-2H3,(H,32,34)/t23-/m0/s1. The lowest BCUT2D eigenvalue weighted by molar-refractivity contribution is 0.0928. The molecule has 34 heavy (non-hydrogen) atoms. The van der Waals surface area contributed by atoms with Crippen LogP contribution >= 0.6 is 11.6 Å². The summed E-state index contributed by atoms with van der Waals surface area (Å²) in [6, 6.07) is 14.3. The topological polar surface area (TPSA) is 45.2 Å². The van der Waals surface area contributed by atoms with E-state index in [4.69, 9.17) is 11.6 Å². The summed E-state index contributed by atoms with van der Waals surface area (Å²) in [5.41, 5.74) is 9.27. The third kappa shape index (κ3) is 4.69. The Bertz CT molecular complexity index is 1200. The molecule has 2 heterocycles. The number of carbonyl (C=O) groups excluding carboxylic acids is 1. The number of piperidine rings is 1. The number of halogens is 1. The van der Waals surface area contributed by atoms with E-state index in [0.29, 0.717) is 5.69 Å². The molecule has 1 saturated heterocycles. The number of aryl methyl sites for hydroxylation is 2. The van der Waals surface area contributed by atoms with E-state index in [0.717, 1.165) is 54.1 Å². The minimum absolute atomic E-state index is 0.0972. The molecule has 0 saturated carbocycles. The first-order chi connectivity index (χ1) is 16.5. The molecule has 5 heteroatoms. The zero-order valence-corrected chi connectivity index (χ0v) is 20.8. The van der Waals surface area contributed by atoms with Crippen LogP contribution in [0.3, 0.4) is 0 Å². The normalized spacial score (nSPS) is 17.9. The molecular weight excluding hydrogens is 442 g/mol. The predicted molar refractivity (Wildman–Crippen MR) is 140 cm³/mol. The Hall–Kier alpha value is -2.85. The van der Waals surface area contributed by atoms with Crippen LogP contribution in [0, 0.1) is 13.8 Å². The molecule has 5 rings (SSSR count). The molecule has 1 aliphatic carbocycles. The maximum Gasteiger partial charge on any atom is 0.270 e. The molecule has 0 unspecified atom stereocenters. The first-order valence-corrected chi connectivity index (χ1v) is 12.8. The molecule has 2 aromatic carbocycles. The summed E-state index contributed by atoms with van der Waals surface area (Å²) in [4.78, 5) is 20.1. The fourth-order valence-electron chi connectivity index (χ4n) is 5.49. The molecule has 1 N–H and O–H groups in total. The van der Waals surface area contributed by atoms with Gasteiger partial charge >= 0.3 is 0 Å². The quantitative estimate of drug-likeness (QED) is 0.483. The number of carbonyl (C=O) groups is 1. The second-order valence-corrected chi connectivity index (χ2v) is 10.1. The van der Waals surface area contributed by atoms with Crippen molar-refractivity contribution in [2.45, 2.75) is 58.4 Å². The Morgan fingerprint density at radius 3 is 2.56 bits per heavy atom. The van der Waals surface area contributed by atoms with Crippen LogP contribution in [0.5, 0.6) is 0 Å². The molecule has 3 aromatic rings. The van der Waals surface area contributed by atoms with Crippen molar-refractivity contribution in [3.63, 3.8) is 0 Å². The van der Waals surface area contributed by atoms with Crippen LogP contribution < -0.4 is 10.2 Å². The number of hydrogen-bond donors (Lipinski definition) is 1. The average molecular weight is 474 g/mol. The fraction of sp³-hybridized carbons (Fsp3) is 0.379. The van der Waals surface area contributed by atoms with Crippen molar-refractivity contribution in [1.82, 2.24) is 10.3 Å². The molecule has 4 nitrogen and oxygen atoms in total. The van der Waals surface area contributed by atoms with Crippen LogP contribution in [-0.4, -0.2) is 30.0 Å². The summed E-state index contributed by atoms with van der Waals surface area (Å²) >= 11 is 6.09. The van der Waals surface area contributed by atoms with Gasteiger partial charge in [0, 0.05) is 41.6 Å². The van der Waals surface area contributed by atoms with Gasteiger partial charge in [-0.1, -0.05) is 29.8 Å². The number of anilines is 1. The zero-order valence-electron chi connectivity index (χ0n) is 20.0. The van der Waals surface area contributed by atoms with Crippen molar-refractivity contribution in [2.24, 2.45) is 0 Å². The summed E-state index contributed by atoms with van der Waals surface area (Å²) in [5.74, 6) is -0.0972. The van der Waals surface area contributed by atoms with E-state index in [9.17, 15) is 4.79 Å². The first-order valence-electron chi connectivity index (χ1n) is 12.4. The highest BCUT2D eigenvalue weighted by atomic mass is 35.5. The van der Waals surface area contributed by atoms with E-state index in [-0.39, 0.29) is 11.9 Å². The van der Waals surface area contributed by atoms with Crippen molar-refractivity contribution in [3.05, 3.63) is 81.6 Å². The number of aromatic nitrogens is 1. The second-order valence-electron chi connectivity index (χ2n) is 9.71. The molecule has 2 aliphatic rings. The SMILES string of the molecule is Cc1cc(Cl)ccc1-c1ccc(C(=O)N[C@H]2CCc3c(C)ccc(N4CCCCC4)c3C2)nc1. The summed E-state index contributed by atoms with van der Waals surface area (Å²) in [5, 5.41) is 3.99. The Morgan fingerprint density at radius 1 is 1.00 bits per heavy atom. The van der Waals surface area contributed by atoms with Crippen molar-refractivity contribution in [2.75, 3.05) is 18.0 Å². The van der Waals surface area contributed by atoms with Gasteiger partial charge in [0.25, 0.3) is 5.91 Å². The van der Waals surface area contributed by atoms with Crippen LogP contribution in [0.4, 0.5) is 5.69 Å². The number of pyridine rings is 1. The van der Waals surface area contributed by atoms with Crippen LogP contribution in [0.1, 0.15) is 58.4 Å². The van der Waals surface area contributed by atoms with Crippen molar-refractivity contribution in [3.8, 4) is 11.1 Å². The number of nitrogens with one attached hydrogen (secondary N) is 1. The van der Waals surface area contributed by atoms with Gasteiger partial charge in [-0.3, -0.25) is 9.78 Å². The maximum atomic E-state index is 13.0. The van der Waals surface area contributed by atoms with Crippen molar-refractivity contribution < 1.29 is 4.79 Å². The molecule has 1 aromatic heterocycles. The van der Waals surface area contributed by atoms with Gasteiger partial charge in [-0.15, -0.1) is 0 Å². The summed E-state index contributed by atoms with van der Waals surface area (Å²) in [6.07, 6.45) is 8.49. The van der Waals surface area contributed by atoms with E-state index >= 15 is 0 Å². The number of nitrogens with zero attached hydrogens (tertiary/aromatic N) is 2. The van der Waals surface area contributed by atoms with Crippen LogP contribution in [0.2, 0.25) is 5.02 Å². The summed E-state index contributed by atoms with van der Waals surface area (Å²) < 4.78 is 0. The van der Waals surface area contributed by atoms with E-state index in [1.54, 1.807) is 6.20 Å². The molecule has 1 atom stereocenters. The highest BCUT2D eigenvalue weighted by Gasteiger charge is 2.26. The van der Waals surface area contributed by atoms with Crippen molar-refractivity contribution >= 4 is 23.2 Å². The lowest BCUT2D eigenvalue weighted by Crippen LogP contribution is -2.40.